The number of aryl methyl sites for hydroxylation is 1. The van der Waals surface area contributed by atoms with Crippen LogP contribution in [0.1, 0.15) is 44.7 Å². The summed E-state index contributed by atoms with van der Waals surface area (Å²) in [5.41, 5.74) is 2.94. The Morgan fingerprint density at radius 2 is 1.93 bits per heavy atom. The highest BCUT2D eigenvalue weighted by atomic mass is 32.2. The minimum atomic E-state index is 0.636. The summed E-state index contributed by atoms with van der Waals surface area (Å²) in [5, 5.41) is 0. The fraction of sp³-hybridized carbons (Fsp3) is 0.538. The van der Waals surface area contributed by atoms with E-state index in [1.165, 1.54) is 16.0 Å². The number of hydrogen-bond donors (Lipinski definition) is 0. The predicted octanol–water partition coefficient (Wildman–Crippen LogP) is 4.48. The summed E-state index contributed by atoms with van der Waals surface area (Å²) in [6.45, 7) is 8.94. The Balaban J connectivity index is 3.01. The molecule has 0 atom stereocenters. The molecule has 1 aromatic rings. The highest BCUT2D eigenvalue weighted by molar-refractivity contribution is 7.99. The van der Waals surface area contributed by atoms with Gasteiger partial charge in [-0.2, -0.15) is 0 Å². The van der Waals surface area contributed by atoms with Gasteiger partial charge >= 0.3 is 0 Å². The second kappa shape index (κ2) is 5.45. The van der Waals surface area contributed by atoms with Crippen molar-refractivity contribution < 1.29 is 0 Å². The topological polar surface area (TPSA) is 0 Å². The lowest BCUT2D eigenvalue weighted by atomic mass is 10.0. The standard InChI is InChI=1S/C13H20S/c1-5-11-7-8-12(10(3)4)9-13(11)14-6-2/h7-10H,5-6H2,1-4H3. The van der Waals surface area contributed by atoms with Crippen LogP contribution in [0.15, 0.2) is 23.1 Å². The van der Waals surface area contributed by atoms with Crippen molar-refractivity contribution in [1.82, 2.24) is 0 Å². The van der Waals surface area contributed by atoms with E-state index in [2.05, 4.69) is 45.9 Å². The molecule has 0 fully saturated rings. The fourth-order valence-corrected chi connectivity index (χ4v) is 2.44. The third kappa shape index (κ3) is 2.78. The van der Waals surface area contributed by atoms with Gasteiger partial charge in [-0.1, -0.05) is 39.8 Å². The van der Waals surface area contributed by atoms with E-state index in [0.29, 0.717) is 5.92 Å². The fourth-order valence-electron chi connectivity index (χ4n) is 1.51. The van der Waals surface area contributed by atoms with Crippen LogP contribution in [0.2, 0.25) is 0 Å². The van der Waals surface area contributed by atoms with Gasteiger partial charge < -0.3 is 0 Å². The zero-order chi connectivity index (χ0) is 10.6. The monoisotopic (exact) mass is 208 g/mol. The van der Waals surface area contributed by atoms with Crippen molar-refractivity contribution in [2.45, 2.75) is 44.9 Å². The Labute approximate surface area is 92.1 Å². The first kappa shape index (κ1) is 11.6. The molecule has 0 aromatic heterocycles. The Morgan fingerprint density at radius 3 is 2.43 bits per heavy atom. The summed E-state index contributed by atoms with van der Waals surface area (Å²) in [6.07, 6.45) is 1.14. The minimum absolute atomic E-state index is 0.636. The molecule has 0 nitrogen and oxygen atoms in total. The van der Waals surface area contributed by atoms with E-state index in [9.17, 15) is 0 Å². The maximum atomic E-state index is 2.36. The van der Waals surface area contributed by atoms with Crippen LogP contribution in [0, 0.1) is 0 Å². The molecule has 0 N–H and O–H groups in total. The van der Waals surface area contributed by atoms with E-state index in [0.717, 1.165) is 12.2 Å². The summed E-state index contributed by atoms with van der Waals surface area (Å²) in [7, 11) is 0. The third-order valence-electron chi connectivity index (χ3n) is 2.44. The van der Waals surface area contributed by atoms with Gasteiger partial charge in [-0.05, 0) is 35.3 Å². The molecule has 14 heavy (non-hydrogen) atoms. The van der Waals surface area contributed by atoms with Gasteiger partial charge in [0, 0.05) is 4.90 Å². The van der Waals surface area contributed by atoms with Gasteiger partial charge in [0.1, 0.15) is 0 Å². The first-order valence-electron chi connectivity index (χ1n) is 5.44. The molecule has 1 rings (SSSR count). The Morgan fingerprint density at radius 1 is 1.21 bits per heavy atom. The molecule has 0 unspecified atom stereocenters. The minimum Gasteiger partial charge on any atom is -0.126 e. The van der Waals surface area contributed by atoms with Gasteiger partial charge in [-0.3, -0.25) is 0 Å². The maximum absolute atomic E-state index is 2.36. The van der Waals surface area contributed by atoms with E-state index < -0.39 is 0 Å². The van der Waals surface area contributed by atoms with E-state index in [4.69, 9.17) is 0 Å². The predicted molar refractivity (Wildman–Crippen MR) is 66.3 cm³/mol. The van der Waals surface area contributed by atoms with Crippen molar-refractivity contribution in [1.29, 1.82) is 0 Å². The third-order valence-corrected chi connectivity index (χ3v) is 3.42. The average molecular weight is 208 g/mol. The first-order chi connectivity index (χ1) is 6.69. The molecule has 1 heteroatoms. The zero-order valence-corrected chi connectivity index (χ0v) is 10.4. The lowest BCUT2D eigenvalue weighted by Gasteiger charge is -2.11. The molecule has 78 valence electrons. The number of hydrogen-bond acceptors (Lipinski definition) is 1. The quantitative estimate of drug-likeness (QED) is 0.657. The van der Waals surface area contributed by atoms with Crippen molar-refractivity contribution in [3.05, 3.63) is 29.3 Å². The zero-order valence-electron chi connectivity index (χ0n) is 9.63. The molecule has 0 bridgehead atoms. The van der Waals surface area contributed by atoms with Gasteiger partial charge in [0.05, 0.1) is 0 Å². The highest BCUT2D eigenvalue weighted by Gasteiger charge is 2.04. The lowest BCUT2D eigenvalue weighted by molar-refractivity contribution is 0.858. The molecule has 0 saturated carbocycles. The van der Waals surface area contributed by atoms with Crippen molar-refractivity contribution in [2.24, 2.45) is 0 Å². The second-order valence-electron chi connectivity index (χ2n) is 3.81. The van der Waals surface area contributed by atoms with Crippen LogP contribution in [0.4, 0.5) is 0 Å². The van der Waals surface area contributed by atoms with E-state index in [1.807, 2.05) is 11.8 Å². The Bertz CT molecular complexity index is 289. The summed E-state index contributed by atoms with van der Waals surface area (Å²) in [5.74, 6) is 1.80. The number of thioether (sulfide) groups is 1. The summed E-state index contributed by atoms with van der Waals surface area (Å²) in [6, 6.07) is 6.91. The van der Waals surface area contributed by atoms with Gasteiger partial charge in [0.2, 0.25) is 0 Å². The van der Waals surface area contributed by atoms with Crippen LogP contribution < -0.4 is 0 Å². The van der Waals surface area contributed by atoms with E-state index >= 15 is 0 Å². The van der Waals surface area contributed by atoms with E-state index in [-0.39, 0.29) is 0 Å². The van der Waals surface area contributed by atoms with E-state index in [1.54, 1.807) is 0 Å². The molecule has 1 aromatic carbocycles. The Kier molecular flexibility index (Phi) is 4.53. The summed E-state index contributed by atoms with van der Waals surface area (Å²) in [4.78, 5) is 1.47. The van der Waals surface area contributed by atoms with Crippen molar-refractivity contribution in [3.8, 4) is 0 Å². The van der Waals surface area contributed by atoms with Gasteiger partial charge in [-0.15, -0.1) is 11.8 Å². The molecule has 0 saturated heterocycles. The molecule has 0 aliphatic rings. The van der Waals surface area contributed by atoms with Crippen LogP contribution in [0.5, 0.6) is 0 Å². The molecular formula is C13H20S. The first-order valence-corrected chi connectivity index (χ1v) is 6.43. The van der Waals surface area contributed by atoms with Crippen LogP contribution in [-0.4, -0.2) is 5.75 Å². The second-order valence-corrected chi connectivity index (χ2v) is 5.11. The maximum Gasteiger partial charge on any atom is 0.0107 e. The van der Waals surface area contributed by atoms with Crippen LogP contribution >= 0.6 is 11.8 Å². The highest BCUT2D eigenvalue weighted by Crippen LogP contribution is 2.27. The molecule has 0 amide bonds. The normalized spacial score (nSPS) is 10.9. The molecule has 0 radical (unpaired) electrons. The number of benzene rings is 1. The summed E-state index contributed by atoms with van der Waals surface area (Å²) < 4.78 is 0. The number of rotatable bonds is 4. The van der Waals surface area contributed by atoms with Crippen LogP contribution in [0.25, 0.3) is 0 Å². The smallest absolute Gasteiger partial charge is 0.0107 e. The van der Waals surface area contributed by atoms with Crippen molar-refractivity contribution in [3.63, 3.8) is 0 Å². The molecule has 0 spiro atoms. The Hall–Kier alpha value is -0.430. The van der Waals surface area contributed by atoms with Gasteiger partial charge in [0.25, 0.3) is 0 Å². The molecular weight excluding hydrogens is 188 g/mol. The van der Waals surface area contributed by atoms with Gasteiger partial charge in [0.15, 0.2) is 0 Å². The largest absolute Gasteiger partial charge is 0.126 e. The van der Waals surface area contributed by atoms with Crippen molar-refractivity contribution in [2.75, 3.05) is 5.75 Å². The lowest BCUT2D eigenvalue weighted by Crippen LogP contribution is -1.92. The van der Waals surface area contributed by atoms with Crippen LogP contribution in [0.3, 0.4) is 0 Å². The molecule has 0 aliphatic carbocycles. The van der Waals surface area contributed by atoms with Crippen LogP contribution in [-0.2, 0) is 6.42 Å². The average Bonchev–Trinajstić information content (AvgIpc) is 2.18. The molecule has 0 aliphatic heterocycles. The molecule has 0 heterocycles. The van der Waals surface area contributed by atoms with Crippen molar-refractivity contribution >= 4 is 11.8 Å². The SMILES string of the molecule is CCSc1cc(C(C)C)ccc1CC. The van der Waals surface area contributed by atoms with Gasteiger partial charge in [-0.25, -0.2) is 0 Å². The summed E-state index contributed by atoms with van der Waals surface area (Å²) >= 11 is 1.96.